The Morgan fingerprint density at radius 3 is 1.41 bits per heavy atom. The lowest BCUT2D eigenvalue weighted by molar-refractivity contribution is 1.66. The van der Waals surface area contributed by atoms with Crippen LogP contribution < -0.4 is 0 Å². The van der Waals surface area contributed by atoms with Crippen molar-refractivity contribution >= 4 is 53.4 Å². The first kappa shape index (κ1) is 14.0. The molecule has 106 valence electrons. The van der Waals surface area contributed by atoms with Crippen molar-refractivity contribution in [2.45, 2.75) is 0 Å². The van der Waals surface area contributed by atoms with Crippen LogP contribution in [0.3, 0.4) is 0 Å². The van der Waals surface area contributed by atoms with Crippen molar-refractivity contribution in [3.8, 4) is 11.1 Å². The second kappa shape index (κ2) is 5.53. The standard InChI is InChI=1S/C20H12Br2/c21-15-7-9-17-13(11-15)3-1-5-19(17)20-6-2-4-14-12-16(22)8-10-18(14)20/h1-12H. The summed E-state index contributed by atoms with van der Waals surface area (Å²) in [4.78, 5) is 0. The Balaban J connectivity index is 2.07. The van der Waals surface area contributed by atoms with E-state index >= 15 is 0 Å². The van der Waals surface area contributed by atoms with Gasteiger partial charge in [-0.15, -0.1) is 0 Å². The van der Waals surface area contributed by atoms with Gasteiger partial charge >= 0.3 is 0 Å². The molecule has 22 heavy (non-hydrogen) atoms. The summed E-state index contributed by atoms with van der Waals surface area (Å²) in [5.74, 6) is 0. The van der Waals surface area contributed by atoms with Gasteiger partial charge in [0.25, 0.3) is 0 Å². The zero-order valence-electron chi connectivity index (χ0n) is 11.7. The Morgan fingerprint density at radius 2 is 0.955 bits per heavy atom. The van der Waals surface area contributed by atoms with E-state index in [4.69, 9.17) is 0 Å². The van der Waals surface area contributed by atoms with Gasteiger partial charge in [0.1, 0.15) is 0 Å². The van der Waals surface area contributed by atoms with Crippen LogP contribution in [0.25, 0.3) is 32.7 Å². The number of fused-ring (bicyclic) bond motifs is 2. The topological polar surface area (TPSA) is 0 Å². The van der Waals surface area contributed by atoms with E-state index in [2.05, 4.69) is 105 Å². The Hall–Kier alpha value is -1.64. The van der Waals surface area contributed by atoms with E-state index in [0.717, 1.165) is 8.95 Å². The van der Waals surface area contributed by atoms with E-state index in [1.54, 1.807) is 0 Å². The van der Waals surface area contributed by atoms with Crippen molar-refractivity contribution in [1.82, 2.24) is 0 Å². The van der Waals surface area contributed by atoms with Crippen LogP contribution in [-0.2, 0) is 0 Å². The van der Waals surface area contributed by atoms with E-state index in [1.165, 1.54) is 32.7 Å². The van der Waals surface area contributed by atoms with Crippen molar-refractivity contribution in [2.75, 3.05) is 0 Å². The fraction of sp³-hybridized carbons (Fsp3) is 0. The second-order valence-corrected chi connectivity index (χ2v) is 7.17. The molecule has 0 atom stereocenters. The van der Waals surface area contributed by atoms with Crippen LogP contribution in [-0.4, -0.2) is 0 Å². The van der Waals surface area contributed by atoms with Gasteiger partial charge in [0.2, 0.25) is 0 Å². The molecule has 0 saturated carbocycles. The molecular formula is C20H12Br2. The van der Waals surface area contributed by atoms with Gasteiger partial charge in [-0.25, -0.2) is 0 Å². The molecule has 0 spiro atoms. The first-order chi connectivity index (χ1) is 10.7. The molecule has 0 amide bonds. The lowest BCUT2D eigenvalue weighted by Gasteiger charge is -2.11. The van der Waals surface area contributed by atoms with Gasteiger partial charge in [-0.3, -0.25) is 0 Å². The highest BCUT2D eigenvalue weighted by Crippen LogP contribution is 2.35. The lowest BCUT2D eigenvalue weighted by atomic mass is 9.94. The minimum absolute atomic E-state index is 1.11. The zero-order chi connectivity index (χ0) is 15.1. The van der Waals surface area contributed by atoms with Crippen LogP contribution >= 0.6 is 31.9 Å². The second-order valence-electron chi connectivity index (χ2n) is 5.34. The van der Waals surface area contributed by atoms with Crippen molar-refractivity contribution in [3.05, 3.63) is 81.7 Å². The van der Waals surface area contributed by atoms with Gasteiger partial charge in [0.05, 0.1) is 0 Å². The summed E-state index contributed by atoms with van der Waals surface area (Å²) in [6.45, 7) is 0. The SMILES string of the molecule is Brc1ccc2c(-c3cccc4cc(Br)ccc34)cccc2c1. The largest absolute Gasteiger partial charge is 0.0610 e. The monoisotopic (exact) mass is 410 g/mol. The molecule has 4 aromatic rings. The van der Waals surface area contributed by atoms with Crippen LogP contribution in [0.15, 0.2) is 81.7 Å². The van der Waals surface area contributed by atoms with E-state index in [1.807, 2.05) is 0 Å². The summed E-state index contributed by atoms with van der Waals surface area (Å²) in [6.07, 6.45) is 0. The van der Waals surface area contributed by atoms with Gasteiger partial charge in [0, 0.05) is 8.95 Å². The van der Waals surface area contributed by atoms with Crippen molar-refractivity contribution < 1.29 is 0 Å². The smallest absolute Gasteiger partial charge is 0.0181 e. The van der Waals surface area contributed by atoms with Gasteiger partial charge in [-0.05, 0) is 56.9 Å². The third-order valence-electron chi connectivity index (χ3n) is 3.98. The predicted octanol–water partition coefficient (Wildman–Crippen LogP) is 7.19. The van der Waals surface area contributed by atoms with Crippen LogP contribution in [0.2, 0.25) is 0 Å². The summed E-state index contributed by atoms with van der Waals surface area (Å²) in [5, 5.41) is 5.06. The van der Waals surface area contributed by atoms with Crippen LogP contribution in [0.5, 0.6) is 0 Å². The Labute approximate surface area is 146 Å². The Morgan fingerprint density at radius 1 is 0.500 bits per heavy atom. The third-order valence-corrected chi connectivity index (χ3v) is 4.96. The molecule has 0 aromatic heterocycles. The molecule has 0 aliphatic rings. The highest BCUT2D eigenvalue weighted by atomic mass is 79.9. The average Bonchev–Trinajstić information content (AvgIpc) is 2.53. The van der Waals surface area contributed by atoms with Crippen LogP contribution in [0.1, 0.15) is 0 Å². The molecule has 0 saturated heterocycles. The average molecular weight is 412 g/mol. The van der Waals surface area contributed by atoms with Crippen LogP contribution in [0, 0.1) is 0 Å². The maximum absolute atomic E-state index is 3.56. The Kier molecular flexibility index (Phi) is 3.51. The van der Waals surface area contributed by atoms with E-state index in [-0.39, 0.29) is 0 Å². The van der Waals surface area contributed by atoms with E-state index in [9.17, 15) is 0 Å². The first-order valence-corrected chi connectivity index (χ1v) is 8.68. The summed E-state index contributed by atoms with van der Waals surface area (Å²) in [6, 6.07) is 25.9. The van der Waals surface area contributed by atoms with E-state index in [0.29, 0.717) is 0 Å². The number of halogens is 2. The van der Waals surface area contributed by atoms with Gasteiger partial charge in [-0.1, -0.05) is 80.4 Å². The van der Waals surface area contributed by atoms with Gasteiger partial charge in [0.15, 0.2) is 0 Å². The third kappa shape index (κ3) is 2.37. The molecule has 0 aliphatic heterocycles. The Bertz CT molecular complexity index is 920. The maximum atomic E-state index is 3.56. The number of rotatable bonds is 1. The molecule has 0 N–H and O–H groups in total. The summed E-state index contributed by atoms with van der Waals surface area (Å²) in [7, 11) is 0. The quantitative estimate of drug-likeness (QED) is 0.311. The molecule has 0 fully saturated rings. The molecule has 2 heteroatoms. The van der Waals surface area contributed by atoms with Crippen LogP contribution in [0.4, 0.5) is 0 Å². The molecule has 0 unspecified atom stereocenters. The van der Waals surface area contributed by atoms with Crippen molar-refractivity contribution in [3.63, 3.8) is 0 Å². The maximum Gasteiger partial charge on any atom is 0.0181 e. The van der Waals surface area contributed by atoms with E-state index < -0.39 is 0 Å². The molecule has 4 rings (SSSR count). The summed E-state index contributed by atoms with van der Waals surface area (Å²) >= 11 is 7.11. The minimum atomic E-state index is 1.11. The molecule has 0 aliphatic carbocycles. The molecule has 0 nitrogen and oxygen atoms in total. The number of hydrogen-bond donors (Lipinski definition) is 0. The highest BCUT2D eigenvalue weighted by Gasteiger charge is 2.08. The lowest BCUT2D eigenvalue weighted by Crippen LogP contribution is -1.84. The zero-order valence-corrected chi connectivity index (χ0v) is 14.9. The molecule has 0 heterocycles. The minimum Gasteiger partial charge on any atom is -0.0610 e. The fourth-order valence-corrected chi connectivity index (χ4v) is 3.74. The molecular weight excluding hydrogens is 400 g/mol. The summed E-state index contributed by atoms with van der Waals surface area (Å²) in [5.41, 5.74) is 2.55. The molecule has 0 bridgehead atoms. The van der Waals surface area contributed by atoms with Gasteiger partial charge in [-0.2, -0.15) is 0 Å². The van der Waals surface area contributed by atoms with Crippen molar-refractivity contribution in [2.24, 2.45) is 0 Å². The fourth-order valence-electron chi connectivity index (χ4n) is 2.98. The normalized spacial score (nSPS) is 11.2. The number of benzene rings is 4. The molecule has 0 radical (unpaired) electrons. The number of hydrogen-bond acceptors (Lipinski definition) is 0. The summed E-state index contributed by atoms with van der Waals surface area (Å²) < 4.78 is 2.22. The molecule has 4 aromatic carbocycles. The predicted molar refractivity (Wildman–Crippen MR) is 102 cm³/mol. The first-order valence-electron chi connectivity index (χ1n) is 7.09. The highest BCUT2D eigenvalue weighted by molar-refractivity contribution is 9.10. The van der Waals surface area contributed by atoms with Crippen molar-refractivity contribution in [1.29, 1.82) is 0 Å². The van der Waals surface area contributed by atoms with Gasteiger partial charge < -0.3 is 0 Å².